The summed E-state index contributed by atoms with van der Waals surface area (Å²) < 4.78 is 67.1. The first kappa shape index (κ1) is 24.3. The second-order valence-electron chi connectivity index (χ2n) is 9.41. The molecule has 0 saturated heterocycles. The van der Waals surface area contributed by atoms with Gasteiger partial charge in [0.1, 0.15) is 11.4 Å². The third-order valence-corrected chi connectivity index (χ3v) is 6.68. The molecule has 0 radical (unpaired) electrons. The Bertz CT molecular complexity index is 1200. The maximum Gasteiger partial charge on any atom is 0.433 e. The van der Waals surface area contributed by atoms with E-state index in [-0.39, 0.29) is 48.7 Å². The molecule has 2 aromatic heterocycles. The van der Waals surface area contributed by atoms with Crippen LogP contribution in [-0.4, -0.2) is 37.9 Å². The first-order valence-electron chi connectivity index (χ1n) is 11.9. The number of hydrogen-bond donors (Lipinski definition) is 2. The lowest BCUT2D eigenvalue weighted by Crippen LogP contribution is -2.23. The summed E-state index contributed by atoms with van der Waals surface area (Å²) in [6, 6.07) is 13.1. The molecule has 3 aromatic rings. The average Bonchev–Trinajstić information content (AvgIpc) is 3.44. The van der Waals surface area contributed by atoms with Crippen molar-refractivity contribution >= 4 is 11.9 Å². The maximum absolute atomic E-state index is 13.7. The van der Waals surface area contributed by atoms with Gasteiger partial charge in [0.05, 0.1) is 0 Å². The van der Waals surface area contributed by atoms with E-state index in [4.69, 9.17) is 0 Å². The number of alkyl halides is 5. The van der Waals surface area contributed by atoms with Gasteiger partial charge in [-0.3, -0.25) is 0 Å². The SMILES string of the molecule is FC1(F)CCC(Nc2nc(NC3CCC(c4ccccc4)C3)nc(-c3cccc(C(F)(F)F)n3)n2)C1. The van der Waals surface area contributed by atoms with Crippen molar-refractivity contribution in [3.8, 4) is 11.5 Å². The van der Waals surface area contributed by atoms with Crippen molar-refractivity contribution in [3.63, 3.8) is 0 Å². The molecule has 3 unspecified atom stereocenters. The smallest absolute Gasteiger partial charge is 0.351 e. The normalized spacial score (nSPS) is 23.5. The van der Waals surface area contributed by atoms with Crippen LogP contribution in [0.4, 0.5) is 33.8 Å². The highest BCUT2D eigenvalue weighted by Crippen LogP contribution is 2.37. The minimum atomic E-state index is -4.63. The average molecular weight is 505 g/mol. The summed E-state index contributed by atoms with van der Waals surface area (Å²) in [5.74, 6) is -2.27. The molecule has 2 N–H and O–H groups in total. The lowest BCUT2D eigenvalue weighted by atomic mass is 9.98. The molecule has 2 saturated carbocycles. The van der Waals surface area contributed by atoms with Gasteiger partial charge in [-0.25, -0.2) is 13.8 Å². The van der Waals surface area contributed by atoms with E-state index in [9.17, 15) is 22.0 Å². The van der Waals surface area contributed by atoms with Crippen molar-refractivity contribution in [2.45, 2.75) is 68.6 Å². The lowest BCUT2D eigenvalue weighted by Gasteiger charge is -2.17. The Kier molecular flexibility index (Phi) is 6.48. The standard InChI is InChI=1S/C25H25F5N6/c26-24(27)12-11-18(14-24)32-23-35-21(19-7-4-8-20(33-19)25(28,29)30)34-22(36-23)31-17-10-9-16(13-17)15-5-2-1-3-6-15/h1-8,16-18H,9-14H2,(H2,31,32,34,35,36). The largest absolute Gasteiger partial charge is 0.433 e. The predicted molar refractivity (Wildman–Crippen MR) is 125 cm³/mol. The highest BCUT2D eigenvalue weighted by atomic mass is 19.4. The van der Waals surface area contributed by atoms with E-state index in [1.54, 1.807) is 0 Å². The number of halogens is 5. The van der Waals surface area contributed by atoms with Gasteiger partial charge >= 0.3 is 6.18 Å². The number of nitrogens with zero attached hydrogens (tertiary/aromatic N) is 4. The Balaban J connectivity index is 1.40. The van der Waals surface area contributed by atoms with Gasteiger partial charge in [0, 0.05) is 24.9 Å². The van der Waals surface area contributed by atoms with Crippen molar-refractivity contribution in [1.82, 2.24) is 19.9 Å². The van der Waals surface area contributed by atoms with Crippen molar-refractivity contribution in [1.29, 1.82) is 0 Å². The summed E-state index contributed by atoms with van der Waals surface area (Å²) in [5, 5.41) is 6.20. The Morgan fingerprint density at radius 3 is 2.17 bits per heavy atom. The van der Waals surface area contributed by atoms with Gasteiger partial charge in [0.25, 0.3) is 0 Å². The van der Waals surface area contributed by atoms with E-state index >= 15 is 0 Å². The number of pyridine rings is 1. The van der Waals surface area contributed by atoms with Crippen LogP contribution in [0.2, 0.25) is 0 Å². The van der Waals surface area contributed by atoms with Gasteiger partial charge in [-0.1, -0.05) is 36.4 Å². The van der Waals surface area contributed by atoms with Gasteiger partial charge in [-0.15, -0.1) is 0 Å². The summed E-state index contributed by atoms with van der Waals surface area (Å²) in [6.07, 6.45) is -2.33. The van der Waals surface area contributed by atoms with Crippen LogP contribution >= 0.6 is 0 Å². The fraction of sp³-hybridized carbons (Fsp3) is 0.440. The van der Waals surface area contributed by atoms with Crippen molar-refractivity contribution in [2.75, 3.05) is 10.6 Å². The van der Waals surface area contributed by atoms with Gasteiger partial charge in [0.2, 0.25) is 17.8 Å². The van der Waals surface area contributed by atoms with Crippen LogP contribution in [0, 0.1) is 0 Å². The monoisotopic (exact) mass is 504 g/mol. The van der Waals surface area contributed by atoms with Crippen LogP contribution < -0.4 is 10.6 Å². The van der Waals surface area contributed by atoms with Gasteiger partial charge in [-0.05, 0) is 49.3 Å². The first-order valence-corrected chi connectivity index (χ1v) is 11.9. The molecular formula is C25H25F5N6. The predicted octanol–water partition coefficient (Wildman–Crippen LogP) is 6.30. The van der Waals surface area contributed by atoms with E-state index in [1.807, 2.05) is 18.2 Å². The summed E-state index contributed by atoms with van der Waals surface area (Å²) in [4.78, 5) is 16.6. The zero-order chi connectivity index (χ0) is 25.3. The van der Waals surface area contributed by atoms with Crippen LogP contribution in [-0.2, 0) is 6.18 Å². The molecular weight excluding hydrogens is 479 g/mol. The molecule has 2 heterocycles. The molecule has 1 aromatic carbocycles. The van der Waals surface area contributed by atoms with E-state index in [0.29, 0.717) is 5.92 Å². The Morgan fingerprint density at radius 1 is 0.778 bits per heavy atom. The number of benzene rings is 1. The van der Waals surface area contributed by atoms with E-state index in [0.717, 1.165) is 25.3 Å². The molecule has 0 aliphatic heterocycles. The summed E-state index contributed by atoms with van der Waals surface area (Å²) in [7, 11) is 0. The van der Waals surface area contributed by atoms with Crippen LogP contribution in [0.25, 0.3) is 11.5 Å². The Morgan fingerprint density at radius 2 is 1.50 bits per heavy atom. The van der Waals surface area contributed by atoms with Crippen LogP contribution in [0.15, 0.2) is 48.5 Å². The van der Waals surface area contributed by atoms with Crippen LogP contribution in [0.5, 0.6) is 0 Å². The fourth-order valence-electron chi connectivity index (χ4n) is 4.92. The molecule has 0 spiro atoms. The number of anilines is 2. The molecule has 3 atom stereocenters. The highest BCUT2D eigenvalue weighted by molar-refractivity contribution is 5.54. The van der Waals surface area contributed by atoms with E-state index < -0.39 is 23.8 Å². The number of hydrogen-bond acceptors (Lipinski definition) is 6. The number of aromatic nitrogens is 4. The molecule has 2 fully saturated rings. The lowest BCUT2D eigenvalue weighted by molar-refractivity contribution is -0.141. The molecule has 6 nitrogen and oxygen atoms in total. The minimum absolute atomic E-state index is 0.0296. The van der Waals surface area contributed by atoms with Crippen LogP contribution in [0.3, 0.4) is 0 Å². The van der Waals surface area contributed by atoms with Crippen molar-refractivity contribution in [2.24, 2.45) is 0 Å². The molecule has 2 aliphatic carbocycles. The number of nitrogens with one attached hydrogen (secondary N) is 2. The summed E-state index contributed by atoms with van der Waals surface area (Å²) in [6.45, 7) is 0. The minimum Gasteiger partial charge on any atom is -0.351 e. The van der Waals surface area contributed by atoms with E-state index in [1.165, 1.54) is 17.7 Å². The summed E-state index contributed by atoms with van der Waals surface area (Å²) in [5.41, 5.74) is 0.0980. The number of rotatable bonds is 6. The molecule has 5 rings (SSSR count). The van der Waals surface area contributed by atoms with Gasteiger partial charge in [-0.2, -0.15) is 28.1 Å². The topological polar surface area (TPSA) is 75.6 Å². The van der Waals surface area contributed by atoms with E-state index in [2.05, 4.69) is 42.7 Å². The van der Waals surface area contributed by atoms with Gasteiger partial charge < -0.3 is 10.6 Å². The van der Waals surface area contributed by atoms with Crippen molar-refractivity contribution < 1.29 is 22.0 Å². The Hall–Kier alpha value is -3.37. The molecule has 36 heavy (non-hydrogen) atoms. The van der Waals surface area contributed by atoms with Crippen LogP contribution in [0.1, 0.15) is 55.7 Å². The van der Waals surface area contributed by atoms with Gasteiger partial charge in [0.15, 0.2) is 5.82 Å². The molecule has 0 bridgehead atoms. The molecule has 0 amide bonds. The second kappa shape index (κ2) is 9.59. The first-order chi connectivity index (χ1) is 17.1. The molecule has 190 valence electrons. The zero-order valence-corrected chi connectivity index (χ0v) is 19.3. The highest BCUT2D eigenvalue weighted by Gasteiger charge is 2.40. The quantitative estimate of drug-likeness (QED) is 0.384. The third kappa shape index (κ3) is 5.71. The van der Waals surface area contributed by atoms with Crippen molar-refractivity contribution in [3.05, 3.63) is 59.8 Å². The fourth-order valence-corrected chi connectivity index (χ4v) is 4.92. The third-order valence-electron chi connectivity index (χ3n) is 6.68. The maximum atomic E-state index is 13.7. The second-order valence-corrected chi connectivity index (χ2v) is 9.41. The molecule has 2 aliphatic rings. The summed E-state index contributed by atoms with van der Waals surface area (Å²) >= 11 is 0. The zero-order valence-electron chi connectivity index (χ0n) is 19.3. The Labute approximate surface area is 204 Å². The molecule has 11 heteroatoms.